The summed E-state index contributed by atoms with van der Waals surface area (Å²) in [4.78, 5) is 16.4. The molecular weight excluding hydrogens is 429 g/mol. The van der Waals surface area contributed by atoms with Crippen molar-refractivity contribution in [2.45, 2.75) is 13.8 Å². The lowest BCUT2D eigenvalue weighted by Crippen LogP contribution is -2.35. The number of amidine groups is 2. The van der Waals surface area contributed by atoms with Gasteiger partial charge in [0.2, 0.25) is 19.4 Å². The van der Waals surface area contributed by atoms with Crippen molar-refractivity contribution in [1.29, 1.82) is 5.41 Å². The third-order valence-electron chi connectivity index (χ3n) is 4.61. The van der Waals surface area contributed by atoms with E-state index in [2.05, 4.69) is 10.1 Å². The molecular formula is C19H16FN5O3S2. The van der Waals surface area contributed by atoms with Crippen LogP contribution in [0.15, 0.2) is 46.0 Å². The van der Waals surface area contributed by atoms with Gasteiger partial charge in [-0.1, -0.05) is 0 Å². The molecule has 2 aliphatic rings. The first-order valence-corrected chi connectivity index (χ1v) is 11.4. The number of benzene rings is 1. The number of amides is 1. The summed E-state index contributed by atoms with van der Waals surface area (Å²) in [5.41, 5.74) is 3.09. The molecule has 1 aromatic carbocycles. The molecule has 0 spiro atoms. The highest BCUT2D eigenvalue weighted by molar-refractivity contribution is 8.42. The molecule has 4 rings (SSSR count). The van der Waals surface area contributed by atoms with Crippen molar-refractivity contribution in [3.8, 4) is 5.69 Å². The largest absolute Gasteiger partial charge is 0.318 e. The zero-order chi connectivity index (χ0) is 21.8. The number of thioether (sulfide) groups is 1. The topological polar surface area (TPSA) is 108 Å². The van der Waals surface area contributed by atoms with Crippen LogP contribution in [0.1, 0.15) is 17.0 Å². The highest BCUT2D eigenvalue weighted by atomic mass is 32.3. The minimum absolute atomic E-state index is 0.00259. The molecule has 0 unspecified atom stereocenters. The zero-order valence-electron chi connectivity index (χ0n) is 16.2. The predicted molar refractivity (Wildman–Crippen MR) is 115 cm³/mol. The molecule has 1 N–H and O–H groups in total. The van der Waals surface area contributed by atoms with Crippen LogP contribution in [0.2, 0.25) is 0 Å². The molecule has 11 heteroatoms. The summed E-state index contributed by atoms with van der Waals surface area (Å²) >= 11 is 0.740. The van der Waals surface area contributed by atoms with Crippen molar-refractivity contribution < 1.29 is 17.6 Å². The van der Waals surface area contributed by atoms with Crippen molar-refractivity contribution in [3.63, 3.8) is 0 Å². The minimum atomic E-state index is -3.59. The number of nitrogens with zero attached hydrogens (tertiary/aromatic N) is 4. The van der Waals surface area contributed by atoms with Crippen LogP contribution in [0.4, 0.5) is 4.39 Å². The Balaban J connectivity index is 1.75. The molecule has 2 aliphatic heterocycles. The van der Waals surface area contributed by atoms with E-state index in [1.54, 1.807) is 12.1 Å². The van der Waals surface area contributed by atoms with E-state index in [-0.39, 0.29) is 26.8 Å². The van der Waals surface area contributed by atoms with Crippen LogP contribution in [0.5, 0.6) is 0 Å². The molecule has 1 amide bonds. The number of aromatic nitrogens is 1. The Kier molecular flexibility index (Phi) is 4.74. The Bertz CT molecular complexity index is 1300. The van der Waals surface area contributed by atoms with Gasteiger partial charge in [0.15, 0.2) is 5.84 Å². The molecule has 0 atom stereocenters. The van der Waals surface area contributed by atoms with Crippen LogP contribution >= 0.6 is 11.8 Å². The van der Waals surface area contributed by atoms with E-state index >= 15 is 0 Å². The van der Waals surface area contributed by atoms with Crippen molar-refractivity contribution >= 4 is 49.0 Å². The quantitative estimate of drug-likeness (QED) is 0.715. The molecule has 0 aliphatic carbocycles. The first kappa shape index (κ1) is 20.2. The van der Waals surface area contributed by atoms with E-state index in [9.17, 15) is 17.6 Å². The van der Waals surface area contributed by atoms with Crippen molar-refractivity contribution in [2.24, 2.45) is 10.1 Å². The summed E-state index contributed by atoms with van der Waals surface area (Å²) in [6, 6.07) is 7.88. The second-order valence-corrected chi connectivity index (χ2v) is 9.94. The number of hydrazone groups is 1. The Hall–Kier alpha value is -3.05. The number of hydrogen-bond donors (Lipinski definition) is 1. The van der Waals surface area contributed by atoms with Gasteiger partial charge < -0.3 is 4.57 Å². The van der Waals surface area contributed by atoms with Gasteiger partial charge in [-0.15, -0.1) is 5.10 Å². The number of rotatable bonds is 2. The van der Waals surface area contributed by atoms with E-state index in [1.807, 2.05) is 24.5 Å². The molecule has 2 aromatic rings. The number of carbonyl (C=O) groups is 1. The fourth-order valence-electron chi connectivity index (χ4n) is 3.20. The van der Waals surface area contributed by atoms with Crippen LogP contribution in [-0.2, 0) is 14.6 Å². The fraction of sp³-hybridized carbons (Fsp3) is 0.158. The monoisotopic (exact) mass is 445 g/mol. The van der Waals surface area contributed by atoms with Gasteiger partial charge in [0.1, 0.15) is 5.82 Å². The Labute approximate surface area is 176 Å². The molecule has 0 fully saturated rings. The van der Waals surface area contributed by atoms with E-state index in [0.717, 1.165) is 40.1 Å². The standard InChI is InChI=1S/C19H16FN5O3S2/c1-10-8-12(11(2)24(10)14-6-4-13(20)5-7-14)9-15-16(21)25-18(22-17(15)26)29-19(23-25)30(3,27)28/h4-9,21H,1-3H3/b15-9-,21-16?. The van der Waals surface area contributed by atoms with Gasteiger partial charge in [0, 0.05) is 23.3 Å². The smallest absolute Gasteiger partial charge is 0.283 e. The van der Waals surface area contributed by atoms with Crippen LogP contribution in [0.3, 0.4) is 0 Å². The first-order valence-electron chi connectivity index (χ1n) is 8.71. The Morgan fingerprint density at radius 1 is 1.20 bits per heavy atom. The molecule has 0 radical (unpaired) electrons. The molecule has 30 heavy (non-hydrogen) atoms. The third-order valence-corrected chi connectivity index (χ3v) is 7.19. The van der Waals surface area contributed by atoms with Crippen LogP contribution in [0, 0.1) is 25.1 Å². The number of sulfone groups is 1. The number of fused-ring (bicyclic) bond motifs is 1. The second-order valence-electron chi connectivity index (χ2n) is 6.80. The average Bonchev–Trinajstić information content (AvgIpc) is 3.21. The van der Waals surface area contributed by atoms with E-state index in [1.165, 1.54) is 18.2 Å². The Morgan fingerprint density at radius 2 is 1.87 bits per heavy atom. The number of carbonyl (C=O) groups excluding carboxylic acids is 1. The lowest BCUT2D eigenvalue weighted by molar-refractivity contribution is -0.114. The van der Waals surface area contributed by atoms with E-state index < -0.39 is 15.7 Å². The molecule has 154 valence electrons. The normalized spacial score (nSPS) is 18.0. The number of aryl methyl sites for hydroxylation is 1. The molecule has 0 bridgehead atoms. The summed E-state index contributed by atoms with van der Waals surface area (Å²) in [6.07, 6.45) is 2.54. The van der Waals surface area contributed by atoms with Crippen molar-refractivity contribution in [2.75, 3.05) is 6.26 Å². The lowest BCUT2D eigenvalue weighted by atomic mass is 10.1. The molecule has 1 aromatic heterocycles. The van der Waals surface area contributed by atoms with Gasteiger partial charge in [-0.3, -0.25) is 10.2 Å². The minimum Gasteiger partial charge on any atom is -0.318 e. The summed E-state index contributed by atoms with van der Waals surface area (Å²) in [5, 5.41) is 13.4. The number of hydrogen-bond acceptors (Lipinski definition) is 6. The van der Waals surface area contributed by atoms with E-state index in [4.69, 9.17) is 5.41 Å². The number of nitrogens with one attached hydrogen (secondary N) is 1. The number of halogens is 1. The van der Waals surface area contributed by atoms with Gasteiger partial charge in [-0.05, 0) is 67.6 Å². The maximum absolute atomic E-state index is 13.3. The third kappa shape index (κ3) is 3.39. The van der Waals surface area contributed by atoms with Crippen molar-refractivity contribution in [3.05, 3.63) is 58.7 Å². The fourth-order valence-corrected chi connectivity index (χ4v) is 4.89. The van der Waals surface area contributed by atoms with Crippen LogP contribution in [-0.4, -0.2) is 45.5 Å². The van der Waals surface area contributed by atoms with Crippen molar-refractivity contribution in [1.82, 2.24) is 9.58 Å². The molecule has 0 saturated heterocycles. The average molecular weight is 446 g/mol. The first-order chi connectivity index (χ1) is 14.1. The second kappa shape index (κ2) is 7.03. The van der Waals surface area contributed by atoms with Gasteiger partial charge in [-0.2, -0.15) is 10.0 Å². The SMILES string of the molecule is Cc1cc(/C=C2/C(=N)N3N=C(S(C)(=O)=O)SC3=NC2=O)c(C)n1-c1ccc(F)cc1. The van der Waals surface area contributed by atoms with E-state index in [0.29, 0.717) is 5.56 Å². The predicted octanol–water partition coefficient (Wildman–Crippen LogP) is 2.85. The maximum atomic E-state index is 13.3. The van der Waals surface area contributed by atoms with Gasteiger partial charge in [0.25, 0.3) is 5.91 Å². The zero-order valence-corrected chi connectivity index (χ0v) is 17.8. The van der Waals surface area contributed by atoms with Gasteiger partial charge >= 0.3 is 0 Å². The van der Waals surface area contributed by atoms with Gasteiger partial charge in [0.05, 0.1) is 5.57 Å². The summed E-state index contributed by atoms with van der Waals surface area (Å²) in [5.74, 6) is -1.23. The molecule has 0 saturated carbocycles. The summed E-state index contributed by atoms with van der Waals surface area (Å²) in [7, 11) is -3.59. The highest BCUT2D eigenvalue weighted by Gasteiger charge is 2.38. The lowest BCUT2D eigenvalue weighted by Gasteiger charge is -2.20. The highest BCUT2D eigenvalue weighted by Crippen LogP contribution is 2.31. The number of aliphatic imine (C=N–C) groups is 1. The molecule has 3 heterocycles. The molecule has 8 nitrogen and oxygen atoms in total. The van der Waals surface area contributed by atoms with Gasteiger partial charge in [-0.25, -0.2) is 12.8 Å². The maximum Gasteiger partial charge on any atom is 0.283 e. The summed E-state index contributed by atoms with van der Waals surface area (Å²) < 4.78 is 38.5. The van der Waals surface area contributed by atoms with Crippen LogP contribution in [0.25, 0.3) is 11.8 Å². The van der Waals surface area contributed by atoms with Crippen LogP contribution < -0.4 is 0 Å². The Morgan fingerprint density at radius 3 is 2.50 bits per heavy atom. The summed E-state index contributed by atoms with van der Waals surface area (Å²) in [6.45, 7) is 3.72.